The molecule has 0 bridgehead atoms. The number of hydrogen-bond donors (Lipinski definition) is 0. The third-order valence-corrected chi connectivity index (χ3v) is 3.22. The van der Waals surface area contributed by atoms with Crippen molar-refractivity contribution in [1.82, 2.24) is 0 Å². The van der Waals surface area contributed by atoms with Gasteiger partial charge >= 0.3 is 0 Å². The Bertz CT molecular complexity index is 291. The van der Waals surface area contributed by atoms with E-state index in [4.69, 9.17) is 0 Å². The van der Waals surface area contributed by atoms with Crippen LogP contribution >= 0.6 is 0 Å². The normalized spacial score (nSPS) is 27.1. The highest BCUT2D eigenvalue weighted by molar-refractivity contribution is 5.56. The zero-order chi connectivity index (χ0) is 9.80. The van der Waals surface area contributed by atoms with Crippen LogP contribution in [0.3, 0.4) is 0 Å². The summed E-state index contributed by atoms with van der Waals surface area (Å²) in [6.45, 7) is 0. The molecule has 2 atom stereocenters. The third-order valence-electron chi connectivity index (χ3n) is 3.22. The molecule has 2 unspecified atom stereocenters. The van der Waals surface area contributed by atoms with E-state index in [2.05, 4.69) is 24.3 Å². The summed E-state index contributed by atoms with van der Waals surface area (Å²) in [4.78, 5) is 10.9. The van der Waals surface area contributed by atoms with Crippen LogP contribution in [0, 0.1) is 5.92 Å². The van der Waals surface area contributed by atoms with Gasteiger partial charge in [-0.2, -0.15) is 0 Å². The summed E-state index contributed by atoms with van der Waals surface area (Å²) in [5, 5.41) is 0. The van der Waals surface area contributed by atoms with Crippen LogP contribution in [0.5, 0.6) is 0 Å². The summed E-state index contributed by atoms with van der Waals surface area (Å²) in [6.07, 6.45) is 5.88. The molecule has 1 aromatic rings. The highest BCUT2D eigenvalue weighted by atomic mass is 16.1. The Morgan fingerprint density at radius 1 is 1.07 bits per heavy atom. The molecule has 2 rings (SSSR count). The van der Waals surface area contributed by atoms with E-state index in [0.29, 0.717) is 5.92 Å². The van der Waals surface area contributed by atoms with Crippen LogP contribution in [0.4, 0.5) is 0 Å². The molecule has 1 saturated carbocycles. The minimum atomic E-state index is 0.256. The summed E-state index contributed by atoms with van der Waals surface area (Å²) < 4.78 is 0. The maximum absolute atomic E-state index is 10.9. The molecule has 0 radical (unpaired) electrons. The lowest BCUT2D eigenvalue weighted by atomic mass is 9.76. The number of carbonyl (C=O) groups is 1. The lowest BCUT2D eigenvalue weighted by molar-refractivity contribution is -0.112. The van der Waals surface area contributed by atoms with Gasteiger partial charge in [0.25, 0.3) is 0 Å². The third kappa shape index (κ3) is 1.87. The SMILES string of the molecule is O=CC1CCCCC1c1ccccc1. The van der Waals surface area contributed by atoms with Crippen molar-refractivity contribution in [1.29, 1.82) is 0 Å². The number of benzene rings is 1. The minimum Gasteiger partial charge on any atom is -0.303 e. The van der Waals surface area contributed by atoms with E-state index < -0.39 is 0 Å². The average Bonchev–Trinajstić information content (AvgIpc) is 2.30. The van der Waals surface area contributed by atoms with Gasteiger partial charge in [0.1, 0.15) is 6.29 Å². The van der Waals surface area contributed by atoms with E-state index in [1.165, 1.54) is 24.8 Å². The van der Waals surface area contributed by atoms with Crippen LogP contribution in [0.25, 0.3) is 0 Å². The highest BCUT2D eigenvalue weighted by Gasteiger charge is 2.25. The first-order valence-corrected chi connectivity index (χ1v) is 5.42. The van der Waals surface area contributed by atoms with Crippen LogP contribution in [0.1, 0.15) is 37.2 Å². The lowest BCUT2D eigenvalue weighted by Crippen LogP contribution is -2.18. The minimum absolute atomic E-state index is 0.256. The Labute approximate surface area is 85.1 Å². The van der Waals surface area contributed by atoms with Crippen LogP contribution in [0.15, 0.2) is 30.3 Å². The van der Waals surface area contributed by atoms with Crippen LogP contribution in [-0.4, -0.2) is 6.29 Å². The predicted molar refractivity (Wildman–Crippen MR) is 57.2 cm³/mol. The van der Waals surface area contributed by atoms with E-state index >= 15 is 0 Å². The Kier molecular flexibility index (Phi) is 2.97. The van der Waals surface area contributed by atoms with Crippen molar-refractivity contribution >= 4 is 6.29 Å². The first-order chi connectivity index (χ1) is 6.92. The Morgan fingerprint density at radius 2 is 1.79 bits per heavy atom. The van der Waals surface area contributed by atoms with Gasteiger partial charge in [-0.1, -0.05) is 43.2 Å². The summed E-state index contributed by atoms with van der Waals surface area (Å²) in [6, 6.07) is 10.4. The van der Waals surface area contributed by atoms with Gasteiger partial charge in [0.2, 0.25) is 0 Å². The Morgan fingerprint density at radius 3 is 2.50 bits per heavy atom. The molecule has 1 nitrogen and oxygen atoms in total. The van der Waals surface area contributed by atoms with Crippen molar-refractivity contribution < 1.29 is 4.79 Å². The number of rotatable bonds is 2. The van der Waals surface area contributed by atoms with E-state index in [1.807, 2.05) is 6.07 Å². The molecule has 0 saturated heterocycles. The summed E-state index contributed by atoms with van der Waals surface area (Å²) in [5.74, 6) is 0.730. The van der Waals surface area contributed by atoms with Crippen molar-refractivity contribution in [2.24, 2.45) is 5.92 Å². The van der Waals surface area contributed by atoms with Crippen LogP contribution < -0.4 is 0 Å². The van der Waals surface area contributed by atoms with E-state index in [9.17, 15) is 4.79 Å². The summed E-state index contributed by atoms with van der Waals surface area (Å²) in [5.41, 5.74) is 1.34. The first-order valence-electron chi connectivity index (χ1n) is 5.42. The maximum atomic E-state index is 10.9. The molecule has 0 N–H and O–H groups in total. The molecule has 14 heavy (non-hydrogen) atoms. The quantitative estimate of drug-likeness (QED) is 0.651. The molecular weight excluding hydrogens is 172 g/mol. The van der Waals surface area contributed by atoms with Gasteiger partial charge in [0.15, 0.2) is 0 Å². The molecule has 1 aliphatic rings. The Balaban J connectivity index is 2.19. The highest BCUT2D eigenvalue weighted by Crippen LogP contribution is 2.36. The van der Waals surface area contributed by atoms with Crippen molar-refractivity contribution in [3.8, 4) is 0 Å². The second-order valence-electron chi connectivity index (χ2n) is 4.10. The molecule has 1 aliphatic carbocycles. The molecule has 0 aromatic heterocycles. The zero-order valence-electron chi connectivity index (χ0n) is 8.36. The van der Waals surface area contributed by atoms with Gasteiger partial charge in [-0.3, -0.25) is 0 Å². The van der Waals surface area contributed by atoms with Gasteiger partial charge in [-0.25, -0.2) is 0 Å². The summed E-state index contributed by atoms with van der Waals surface area (Å²) in [7, 11) is 0. The number of carbonyl (C=O) groups excluding carboxylic acids is 1. The maximum Gasteiger partial charge on any atom is 0.123 e. The van der Waals surface area contributed by atoms with Crippen LogP contribution in [0.2, 0.25) is 0 Å². The number of hydrogen-bond acceptors (Lipinski definition) is 1. The molecular formula is C13H16O. The standard InChI is InChI=1S/C13H16O/c14-10-12-8-4-5-9-13(12)11-6-2-1-3-7-11/h1-3,6-7,10,12-13H,4-5,8-9H2. The van der Waals surface area contributed by atoms with E-state index in [0.717, 1.165) is 12.7 Å². The first kappa shape index (κ1) is 9.45. The van der Waals surface area contributed by atoms with Gasteiger partial charge in [0, 0.05) is 5.92 Å². The fourth-order valence-corrected chi connectivity index (χ4v) is 2.44. The molecule has 74 valence electrons. The topological polar surface area (TPSA) is 17.1 Å². The zero-order valence-corrected chi connectivity index (χ0v) is 8.36. The van der Waals surface area contributed by atoms with Gasteiger partial charge < -0.3 is 4.79 Å². The van der Waals surface area contributed by atoms with E-state index in [1.54, 1.807) is 0 Å². The molecule has 0 spiro atoms. The fourth-order valence-electron chi connectivity index (χ4n) is 2.44. The summed E-state index contributed by atoms with van der Waals surface area (Å²) >= 11 is 0. The molecule has 1 heteroatoms. The van der Waals surface area contributed by atoms with E-state index in [-0.39, 0.29) is 5.92 Å². The largest absolute Gasteiger partial charge is 0.303 e. The van der Waals surface area contributed by atoms with Crippen molar-refractivity contribution in [3.05, 3.63) is 35.9 Å². The molecule has 0 aliphatic heterocycles. The average molecular weight is 188 g/mol. The van der Waals surface area contributed by atoms with Crippen LogP contribution in [-0.2, 0) is 4.79 Å². The lowest BCUT2D eigenvalue weighted by Gasteiger charge is -2.27. The molecule has 0 heterocycles. The van der Waals surface area contributed by atoms with Gasteiger partial charge in [-0.15, -0.1) is 0 Å². The molecule has 1 aromatic carbocycles. The van der Waals surface area contributed by atoms with Gasteiger partial charge in [0.05, 0.1) is 0 Å². The van der Waals surface area contributed by atoms with Gasteiger partial charge in [-0.05, 0) is 24.3 Å². The Hall–Kier alpha value is -1.11. The second kappa shape index (κ2) is 4.41. The smallest absolute Gasteiger partial charge is 0.123 e. The monoisotopic (exact) mass is 188 g/mol. The molecule has 1 fully saturated rings. The van der Waals surface area contributed by atoms with Crippen molar-refractivity contribution in [3.63, 3.8) is 0 Å². The number of aldehydes is 1. The second-order valence-corrected chi connectivity index (χ2v) is 4.10. The van der Waals surface area contributed by atoms with Crippen molar-refractivity contribution in [2.75, 3.05) is 0 Å². The predicted octanol–water partition coefficient (Wildman–Crippen LogP) is 3.16. The van der Waals surface area contributed by atoms with Crippen molar-refractivity contribution in [2.45, 2.75) is 31.6 Å². The fraction of sp³-hybridized carbons (Fsp3) is 0.462. The molecule has 0 amide bonds.